The predicted octanol–water partition coefficient (Wildman–Crippen LogP) is -1.48. The molecule has 5 heteroatoms. The standard InChI is InChI=1S/C8H14O5/c9-5-1-11-3-7(5)13-8-4-12-2-6(8)10/h5-10H,1-4H2. The predicted molar refractivity (Wildman–Crippen MR) is 42.3 cm³/mol. The molecule has 0 aromatic heterocycles. The maximum atomic E-state index is 9.36. The molecule has 0 saturated carbocycles. The molecule has 0 bridgehead atoms. The Morgan fingerprint density at radius 1 is 0.846 bits per heavy atom. The number of aliphatic hydroxyl groups is 2. The molecule has 4 unspecified atom stereocenters. The van der Waals surface area contributed by atoms with Crippen molar-refractivity contribution >= 4 is 0 Å². The molecule has 0 radical (unpaired) electrons. The van der Waals surface area contributed by atoms with Crippen molar-refractivity contribution in [2.24, 2.45) is 0 Å². The maximum Gasteiger partial charge on any atom is 0.110 e. The summed E-state index contributed by atoms with van der Waals surface area (Å²) >= 11 is 0. The van der Waals surface area contributed by atoms with Crippen molar-refractivity contribution in [3.8, 4) is 0 Å². The van der Waals surface area contributed by atoms with Crippen LogP contribution < -0.4 is 0 Å². The van der Waals surface area contributed by atoms with Crippen LogP contribution in [0.5, 0.6) is 0 Å². The number of aliphatic hydroxyl groups excluding tert-OH is 2. The highest BCUT2D eigenvalue weighted by molar-refractivity contribution is 4.81. The van der Waals surface area contributed by atoms with E-state index >= 15 is 0 Å². The number of hydrogen-bond donors (Lipinski definition) is 2. The van der Waals surface area contributed by atoms with Crippen LogP contribution in [0, 0.1) is 0 Å². The summed E-state index contributed by atoms with van der Waals surface area (Å²) in [4.78, 5) is 0. The van der Waals surface area contributed by atoms with Crippen LogP contribution in [0.2, 0.25) is 0 Å². The summed E-state index contributed by atoms with van der Waals surface area (Å²) in [7, 11) is 0. The molecule has 5 nitrogen and oxygen atoms in total. The lowest BCUT2D eigenvalue weighted by Crippen LogP contribution is -2.36. The first-order valence-electron chi connectivity index (χ1n) is 4.44. The van der Waals surface area contributed by atoms with Gasteiger partial charge >= 0.3 is 0 Å². The number of hydrogen-bond acceptors (Lipinski definition) is 5. The van der Waals surface area contributed by atoms with Crippen molar-refractivity contribution in [1.29, 1.82) is 0 Å². The third-order valence-corrected chi connectivity index (χ3v) is 2.35. The van der Waals surface area contributed by atoms with Crippen LogP contribution in [-0.4, -0.2) is 61.1 Å². The molecule has 0 aromatic rings. The van der Waals surface area contributed by atoms with E-state index in [1.807, 2.05) is 0 Å². The Morgan fingerprint density at radius 3 is 1.62 bits per heavy atom. The summed E-state index contributed by atoms with van der Waals surface area (Å²) in [6.07, 6.45) is -1.79. The molecule has 2 fully saturated rings. The normalized spacial score (nSPS) is 45.7. The van der Waals surface area contributed by atoms with Gasteiger partial charge in [-0.2, -0.15) is 0 Å². The van der Waals surface area contributed by atoms with Gasteiger partial charge in [0.15, 0.2) is 0 Å². The first-order chi connectivity index (χ1) is 6.27. The second kappa shape index (κ2) is 3.89. The summed E-state index contributed by atoms with van der Waals surface area (Å²) in [6, 6.07) is 0. The molecule has 4 atom stereocenters. The van der Waals surface area contributed by atoms with Gasteiger partial charge in [-0.3, -0.25) is 0 Å². The molecule has 0 spiro atoms. The minimum atomic E-state index is -0.576. The zero-order valence-corrected chi connectivity index (χ0v) is 7.26. The molecule has 2 rings (SSSR count). The van der Waals surface area contributed by atoms with E-state index in [0.29, 0.717) is 26.4 Å². The smallest absolute Gasteiger partial charge is 0.110 e. The molecule has 13 heavy (non-hydrogen) atoms. The van der Waals surface area contributed by atoms with Crippen molar-refractivity contribution < 1.29 is 24.4 Å². The van der Waals surface area contributed by atoms with Crippen LogP contribution in [0.4, 0.5) is 0 Å². The summed E-state index contributed by atoms with van der Waals surface area (Å²) < 4.78 is 15.5. The van der Waals surface area contributed by atoms with Crippen molar-refractivity contribution in [2.45, 2.75) is 24.4 Å². The van der Waals surface area contributed by atoms with Gasteiger partial charge in [-0.15, -0.1) is 0 Å². The second-order valence-corrected chi connectivity index (χ2v) is 3.42. The molecule has 2 aliphatic rings. The molecule has 2 N–H and O–H groups in total. The first kappa shape index (κ1) is 9.36. The van der Waals surface area contributed by atoms with Gasteiger partial charge in [0.2, 0.25) is 0 Å². The average Bonchev–Trinajstić information content (AvgIpc) is 2.65. The highest BCUT2D eigenvalue weighted by atomic mass is 16.6. The Bertz CT molecular complexity index is 156. The molecule has 76 valence electrons. The van der Waals surface area contributed by atoms with Crippen LogP contribution >= 0.6 is 0 Å². The summed E-state index contributed by atoms with van der Waals surface area (Å²) in [5, 5.41) is 18.7. The van der Waals surface area contributed by atoms with Gasteiger partial charge in [0.1, 0.15) is 24.4 Å². The first-order valence-corrected chi connectivity index (χ1v) is 4.44. The number of rotatable bonds is 2. The molecule has 0 amide bonds. The minimum Gasteiger partial charge on any atom is -0.388 e. The van der Waals surface area contributed by atoms with Crippen LogP contribution in [0.15, 0.2) is 0 Å². The molecule has 0 aliphatic carbocycles. The van der Waals surface area contributed by atoms with E-state index in [4.69, 9.17) is 14.2 Å². The largest absolute Gasteiger partial charge is 0.388 e. The lowest BCUT2D eigenvalue weighted by molar-refractivity contribution is -0.0849. The number of ether oxygens (including phenoxy) is 3. The topological polar surface area (TPSA) is 68.2 Å². The molecule has 2 saturated heterocycles. The quantitative estimate of drug-likeness (QED) is 0.556. The van der Waals surface area contributed by atoms with Crippen molar-refractivity contribution in [3.05, 3.63) is 0 Å². The Morgan fingerprint density at radius 2 is 1.31 bits per heavy atom. The zero-order chi connectivity index (χ0) is 9.26. The van der Waals surface area contributed by atoms with Gasteiger partial charge in [-0.05, 0) is 0 Å². The summed E-state index contributed by atoms with van der Waals surface area (Å²) in [6.45, 7) is 1.41. The molecule has 0 aromatic carbocycles. The molecule has 2 aliphatic heterocycles. The lowest BCUT2D eigenvalue weighted by Gasteiger charge is -2.20. The SMILES string of the molecule is OC1COCC1OC1COCC1O. The highest BCUT2D eigenvalue weighted by Gasteiger charge is 2.34. The van der Waals surface area contributed by atoms with Crippen LogP contribution in [-0.2, 0) is 14.2 Å². The van der Waals surface area contributed by atoms with Crippen LogP contribution in [0.25, 0.3) is 0 Å². The Labute approximate surface area is 76.2 Å². The fourth-order valence-electron chi connectivity index (χ4n) is 1.53. The summed E-state index contributed by atoms with van der Waals surface area (Å²) in [5.74, 6) is 0. The van der Waals surface area contributed by atoms with Gasteiger partial charge in [-0.25, -0.2) is 0 Å². The summed E-state index contributed by atoms with van der Waals surface area (Å²) in [5.41, 5.74) is 0. The van der Waals surface area contributed by atoms with Crippen LogP contribution in [0.3, 0.4) is 0 Å². The van der Waals surface area contributed by atoms with E-state index in [0.717, 1.165) is 0 Å². The maximum absolute atomic E-state index is 9.36. The van der Waals surface area contributed by atoms with Crippen molar-refractivity contribution in [1.82, 2.24) is 0 Å². The average molecular weight is 190 g/mol. The lowest BCUT2D eigenvalue weighted by atomic mass is 10.2. The van der Waals surface area contributed by atoms with Crippen molar-refractivity contribution in [3.63, 3.8) is 0 Å². The van der Waals surface area contributed by atoms with E-state index in [-0.39, 0.29) is 12.2 Å². The highest BCUT2D eigenvalue weighted by Crippen LogP contribution is 2.17. The van der Waals surface area contributed by atoms with E-state index < -0.39 is 12.2 Å². The fraction of sp³-hybridized carbons (Fsp3) is 1.00. The van der Waals surface area contributed by atoms with Gasteiger partial charge < -0.3 is 24.4 Å². The minimum absolute atomic E-state index is 0.314. The van der Waals surface area contributed by atoms with Gasteiger partial charge in [0, 0.05) is 0 Å². The molecular formula is C8H14O5. The van der Waals surface area contributed by atoms with E-state index in [9.17, 15) is 10.2 Å². The third kappa shape index (κ3) is 2.00. The van der Waals surface area contributed by atoms with Crippen molar-refractivity contribution in [2.75, 3.05) is 26.4 Å². The van der Waals surface area contributed by atoms with Gasteiger partial charge in [-0.1, -0.05) is 0 Å². The van der Waals surface area contributed by atoms with E-state index in [1.165, 1.54) is 0 Å². The zero-order valence-electron chi connectivity index (χ0n) is 7.26. The Hall–Kier alpha value is -0.200. The van der Waals surface area contributed by atoms with E-state index in [2.05, 4.69) is 0 Å². The molecule has 2 heterocycles. The fourth-order valence-corrected chi connectivity index (χ4v) is 1.53. The monoisotopic (exact) mass is 190 g/mol. The molecular weight excluding hydrogens is 176 g/mol. The van der Waals surface area contributed by atoms with Crippen LogP contribution in [0.1, 0.15) is 0 Å². The Balaban J connectivity index is 1.82. The Kier molecular flexibility index (Phi) is 2.80. The second-order valence-electron chi connectivity index (χ2n) is 3.42. The third-order valence-electron chi connectivity index (χ3n) is 2.35. The van der Waals surface area contributed by atoms with Gasteiger partial charge in [0.25, 0.3) is 0 Å². The van der Waals surface area contributed by atoms with E-state index in [1.54, 1.807) is 0 Å². The van der Waals surface area contributed by atoms with Gasteiger partial charge in [0.05, 0.1) is 26.4 Å².